The van der Waals surface area contributed by atoms with E-state index in [-0.39, 0.29) is 0 Å². The minimum atomic E-state index is 0.440. The van der Waals surface area contributed by atoms with Crippen molar-refractivity contribution < 1.29 is 0 Å². The number of nitrogens with two attached hydrogens (primary N) is 1. The predicted octanol–water partition coefficient (Wildman–Crippen LogP) is 1.55. The maximum Gasteiger partial charge on any atom is 0.129 e. The molecule has 0 radical (unpaired) electrons. The van der Waals surface area contributed by atoms with Gasteiger partial charge >= 0.3 is 0 Å². The second kappa shape index (κ2) is 5.84. The van der Waals surface area contributed by atoms with Gasteiger partial charge in [-0.2, -0.15) is 0 Å². The van der Waals surface area contributed by atoms with Crippen LogP contribution < -0.4 is 10.6 Å². The summed E-state index contributed by atoms with van der Waals surface area (Å²) in [5, 5.41) is 0. The molecule has 0 saturated carbocycles. The molecule has 1 aromatic rings. The summed E-state index contributed by atoms with van der Waals surface area (Å²) in [6.07, 6.45) is 2.34. The van der Waals surface area contributed by atoms with Crippen molar-refractivity contribution in [1.29, 1.82) is 0 Å². The van der Waals surface area contributed by atoms with Crippen LogP contribution in [0.5, 0.6) is 0 Å². The summed E-state index contributed by atoms with van der Waals surface area (Å²) >= 11 is 5.06. The fraction of sp³-hybridized carbons (Fsp3) is 0.571. The smallest absolute Gasteiger partial charge is 0.129 e. The first kappa shape index (κ1) is 14.2. The second-order valence-electron chi connectivity index (χ2n) is 5.40. The maximum absolute atomic E-state index is 5.72. The van der Waals surface area contributed by atoms with E-state index in [1.807, 2.05) is 19.1 Å². The number of hydrogen-bond acceptors (Lipinski definition) is 4. The highest BCUT2D eigenvalue weighted by atomic mass is 32.1. The highest BCUT2D eigenvalue weighted by Gasteiger charge is 2.21. The Hall–Kier alpha value is -1.20. The molecular weight excluding hydrogens is 256 g/mol. The van der Waals surface area contributed by atoms with Crippen LogP contribution in [0, 0.1) is 6.92 Å². The van der Waals surface area contributed by atoms with Crippen molar-refractivity contribution in [1.82, 2.24) is 9.88 Å². The summed E-state index contributed by atoms with van der Waals surface area (Å²) in [5.74, 6) is 1.00. The molecule has 1 aromatic heterocycles. The number of piperidine rings is 1. The van der Waals surface area contributed by atoms with Crippen LogP contribution in [0.2, 0.25) is 0 Å². The van der Waals surface area contributed by atoms with Crippen molar-refractivity contribution in [2.75, 3.05) is 32.1 Å². The third-order valence-corrected chi connectivity index (χ3v) is 3.98. The average Bonchev–Trinajstić information content (AvgIpc) is 2.38. The van der Waals surface area contributed by atoms with E-state index in [0.717, 1.165) is 30.2 Å². The van der Waals surface area contributed by atoms with Gasteiger partial charge in [0.1, 0.15) is 10.8 Å². The van der Waals surface area contributed by atoms with Crippen molar-refractivity contribution in [2.45, 2.75) is 25.8 Å². The van der Waals surface area contributed by atoms with E-state index in [0.29, 0.717) is 11.0 Å². The van der Waals surface area contributed by atoms with Gasteiger partial charge in [-0.15, -0.1) is 0 Å². The largest absolute Gasteiger partial charge is 0.389 e. The molecule has 19 heavy (non-hydrogen) atoms. The molecule has 0 unspecified atom stereocenters. The minimum Gasteiger partial charge on any atom is -0.389 e. The molecule has 4 nitrogen and oxygen atoms in total. The molecule has 2 rings (SSSR count). The fourth-order valence-electron chi connectivity index (χ4n) is 2.57. The Morgan fingerprint density at radius 3 is 2.53 bits per heavy atom. The van der Waals surface area contributed by atoms with Crippen molar-refractivity contribution in [3.8, 4) is 0 Å². The van der Waals surface area contributed by atoms with Gasteiger partial charge in [-0.25, -0.2) is 4.98 Å². The van der Waals surface area contributed by atoms with E-state index in [2.05, 4.69) is 28.9 Å². The van der Waals surface area contributed by atoms with Crippen molar-refractivity contribution >= 4 is 23.0 Å². The van der Waals surface area contributed by atoms with Crippen LogP contribution in [-0.4, -0.2) is 48.1 Å². The molecule has 0 aromatic carbocycles. The molecule has 0 spiro atoms. The standard InChI is InChI=1S/C14H22N4S/c1-10-8-11(14(15)19)9-13(16-10)18-6-4-12(5-7-18)17(2)3/h8-9,12H,4-7H2,1-3H3,(H2,15,19). The number of thiocarbonyl (C=S) groups is 1. The number of anilines is 1. The Bertz CT molecular complexity index is 465. The highest BCUT2D eigenvalue weighted by Crippen LogP contribution is 2.21. The van der Waals surface area contributed by atoms with Gasteiger partial charge in [0.2, 0.25) is 0 Å². The van der Waals surface area contributed by atoms with Gasteiger partial charge in [-0.05, 0) is 46.0 Å². The first-order valence-corrected chi connectivity index (χ1v) is 7.08. The molecule has 1 fully saturated rings. The van der Waals surface area contributed by atoms with E-state index in [1.165, 1.54) is 12.8 Å². The Morgan fingerprint density at radius 1 is 1.37 bits per heavy atom. The predicted molar refractivity (Wildman–Crippen MR) is 83.8 cm³/mol. The third-order valence-electron chi connectivity index (χ3n) is 3.74. The molecular formula is C14H22N4S. The molecule has 0 atom stereocenters. The number of aromatic nitrogens is 1. The van der Waals surface area contributed by atoms with Crippen LogP contribution in [0.4, 0.5) is 5.82 Å². The van der Waals surface area contributed by atoms with Crippen molar-refractivity contribution in [3.05, 3.63) is 23.4 Å². The molecule has 0 amide bonds. The first-order valence-electron chi connectivity index (χ1n) is 6.67. The normalized spacial score (nSPS) is 16.9. The summed E-state index contributed by atoms with van der Waals surface area (Å²) in [5.41, 5.74) is 7.60. The lowest BCUT2D eigenvalue weighted by Gasteiger charge is -2.36. The van der Waals surface area contributed by atoms with E-state index in [1.54, 1.807) is 0 Å². The molecule has 5 heteroatoms. The zero-order chi connectivity index (χ0) is 14.0. The van der Waals surface area contributed by atoms with E-state index >= 15 is 0 Å². The van der Waals surface area contributed by atoms with Crippen LogP contribution in [0.15, 0.2) is 12.1 Å². The van der Waals surface area contributed by atoms with Crippen LogP contribution in [0.25, 0.3) is 0 Å². The lowest BCUT2D eigenvalue weighted by molar-refractivity contribution is 0.249. The second-order valence-corrected chi connectivity index (χ2v) is 5.84. The number of hydrogen-bond donors (Lipinski definition) is 1. The van der Waals surface area contributed by atoms with Gasteiger partial charge in [0.15, 0.2) is 0 Å². The minimum absolute atomic E-state index is 0.440. The van der Waals surface area contributed by atoms with Gasteiger partial charge in [0, 0.05) is 30.4 Å². The Labute approximate surface area is 120 Å². The van der Waals surface area contributed by atoms with Crippen LogP contribution >= 0.6 is 12.2 Å². The summed E-state index contributed by atoms with van der Waals surface area (Å²) in [6, 6.07) is 4.63. The molecule has 0 aliphatic carbocycles. The quantitative estimate of drug-likeness (QED) is 0.850. The number of nitrogens with zero attached hydrogens (tertiary/aromatic N) is 3. The fourth-order valence-corrected chi connectivity index (χ4v) is 2.68. The Balaban J connectivity index is 2.13. The van der Waals surface area contributed by atoms with Crippen molar-refractivity contribution in [3.63, 3.8) is 0 Å². The van der Waals surface area contributed by atoms with E-state index < -0.39 is 0 Å². The number of aryl methyl sites for hydroxylation is 1. The Morgan fingerprint density at radius 2 is 2.00 bits per heavy atom. The lowest BCUT2D eigenvalue weighted by Crippen LogP contribution is -2.42. The van der Waals surface area contributed by atoms with Crippen molar-refractivity contribution in [2.24, 2.45) is 5.73 Å². The third kappa shape index (κ3) is 3.42. The molecule has 2 heterocycles. The molecule has 104 valence electrons. The zero-order valence-electron chi connectivity index (χ0n) is 11.9. The molecule has 1 aliphatic heterocycles. The maximum atomic E-state index is 5.72. The van der Waals surface area contributed by atoms with E-state index in [9.17, 15) is 0 Å². The average molecular weight is 278 g/mol. The Kier molecular flexibility index (Phi) is 4.37. The summed E-state index contributed by atoms with van der Waals surface area (Å²) in [7, 11) is 4.30. The van der Waals surface area contributed by atoms with Crippen LogP contribution in [-0.2, 0) is 0 Å². The molecule has 0 bridgehead atoms. The van der Waals surface area contributed by atoms with Gasteiger partial charge in [-0.1, -0.05) is 12.2 Å². The SMILES string of the molecule is Cc1cc(C(N)=S)cc(N2CCC(N(C)C)CC2)n1. The zero-order valence-corrected chi connectivity index (χ0v) is 12.7. The summed E-state index contributed by atoms with van der Waals surface area (Å²) < 4.78 is 0. The van der Waals surface area contributed by atoms with Crippen LogP contribution in [0.3, 0.4) is 0 Å². The summed E-state index contributed by atoms with van der Waals surface area (Å²) in [6.45, 7) is 4.06. The van der Waals surface area contributed by atoms with Gasteiger partial charge < -0.3 is 15.5 Å². The van der Waals surface area contributed by atoms with E-state index in [4.69, 9.17) is 18.0 Å². The first-order chi connectivity index (χ1) is 8.97. The summed E-state index contributed by atoms with van der Waals surface area (Å²) in [4.78, 5) is 9.68. The lowest BCUT2D eigenvalue weighted by atomic mass is 10.0. The number of pyridine rings is 1. The van der Waals surface area contributed by atoms with Gasteiger partial charge in [0.05, 0.1) is 0 Å². The monoisotopic (exact) mass is 278 g/mol. The van der Waals surface area contributed by atoms with Gasteiger partial charge in [0.25, 0.3) is 0 Å². The molecule has 1 aliphatic rings. The number of rotatable bonds is 3. The molecule has 1 saturated heterocycles. The topological polar surface area (TPSA) is 45.4 Å². The molecule has 2 N–H and O–H groups in total. The highest BCUT2D eigenvalue weighted by molar-refractivity contribution is 7.80. The van der Waals surface area contributed by atoms with Crippen LogP contribution in [0.1, 0.15) is 24.1 Å². The van der Waals surface area contributed by atoms with Gasteiger partial charge in [-0.3, -0.25) is 0 Å².